The first kappa shape index (κ1) is 13.0. The van der Waals surface area contributed by atoms with Crippen LogP contribution >= 0.6 is 0 Å². The summed E-state index contributed by atoms with van der Waals surface area (Å²) in [5.41, 5.74) is 6.09. The van der Waals surface area contributed by atoms with Gasteiger partial charge in [-0.1, -0.05) is 52.9 Å². The zero-order chi connectivity index (χ0) is 11.3. The van der Waals surface area contributed by atoms with Crippen LogP contribution in [0.4, 0.5) is 0 Å². The Morgan fingerprint density at radius 3 is 2.07 bits per heavy atom. The Morgan fingerprint density at radius 1 is 1.07 bits per heavy atom. The van der Waals surface area contributed by atoms with E-state index in [4.69, 9.17) is 5.73 Å². The molecule has 1 nitrogen and oxygen atoms in total. The van der Waals surface area contributed by atoms with Crippen LogP contribution in [0.3, 0.4) is 0 Å². The van der Waals surface area contributed by atoms with Gasteiger partial charge in [-0.05, 0) is 30.6 Å². The third kappa shape index (κ3) is 4.55. The fourth-order valence-electron chi connectivity index (χ4n) is 2.69. The lowest BCUT2D eigenvalue weighted by molar-refractivity contribution is 0.247. The molecular weight excluding hydrogens is 182 g/mol. The fourth-order valence-corrected chi connectivity index (χ4v) is 2.69. The van der Waals surface area contributed by atoms with Gasteiger partial charge in [-0.3, -0.25) is 0 Å². The average molecular weight is 211 g/mol. The molecule has 2 N–H and O–H groups in total. The molecule has 0 aromatic heterocycles. The van der Waals surface area contributed by atoms with Crippen molar-refractivity contribution in [3.8, 4) is 0 Å². The summed E-state index contributed by atoms with van der Waals surface area (Å²) < 4.78 is 0. The zero-order valence-electron chi connectivity index (χ0n) is 10.8. The molecular formula is C14H29N. The first-order valence-corrected chi connectivity index (χ1v) is 6.89. The molecule has 1 saturated carbocycles. The highest BCUT2D eigenvalue weighted by molar-refractivity contribution is 4.74. The van der Waals surface area contributed by atoms with Crippen LogP contribution in [-0.2, 0) is 0 Å². The molecule has 90 valence electrons. The van der Waals surface area contributed by atoms with Gasteiger partial charge >= 0.3 is 0 Å². The smallest absolute Gasteiger partial charge is 0.00619 e. The van der Waals surface area contributed by atoms with Crippen LogP contribution in [0.2, 0.25) is 0 Å². The Labute approximate surface area is 95.8 Å². The summed E-state index contributed by atoms with van der Waals surface area (Å²) in [6.07, 6.45) is 9.86. The normalized spacial score (nSPS) is 29.4. The Morgan fingerprint density at radius 2 is 1.60 bits per heavy atom. The first-order valence-electron chi connectivity index (χ1n) is 6.89. The van der Waals surface area contributed by atoms with E-state index in [0.29, 0.717) is 12.0 Å². The zero-order valence-corrected chi connectivity index (χ0v) is 10.8. The first-order chi connectivity index (χ1) is 7.13. The van der Waals surface area contributed by atoms with E-state index in [9.17, 15) is 0 Å². The van der Waals surface area contributed by atoms with Crippen molar-refractivity contribution < 1.29 is 0 Å². The van der Waals surface area contributed by atoms with E-state index in [-0.39, 0.29) is 0 Å². The Bertz CT molecular complexity index is 157. The minimum atomic E-state index is 0.425. The molecule has 0 spiro atoms. The third-order valence-electron chi connectivity index (χ3n) is 4.31. The second-order valence-electron chi connectivity index (χ2n) is 5.78. The summed E-state index contributed by atoms with van der Waals surface area (Å²) >= 11 is 0. The number of nitrogens with two attached hydrogens (primary N) is 1. The van der Waals surface area contributed by atoms with Crippen LogP contribution in [0.15, 0.2) is 0 Å². The van der Waals surface area contributed by atoms with Gasteiger partial charge in [0.15, 0.2) is 0 Å². The molecule has 1 heteroatoms. The number of rotatable bonds is 5. The lowest BCUT2D eigenvalue weighted by atomic mass is 9.78. The summed E-state index contributed by atoms with van der Waals surface area (Å²) in [5.74, 6) is 2.66. The van der Waals surface area contributed by atoms with Gasteiger partial charge in [0.2, 0.25) is 0 Å². The molecule has 0 aromatic carbocycles. The standard InChI is InChI=1S/C14H29N/c1-4-12-5-7-13(8-6-12)9-10-14(15)11(2)3/h11-14H,4-10,15H2,1-3H3. The van der Waals surface area contributed by atoms with Gasteiger partial charge in [-0.2, -0.15) is 0 Å². The lowest BCUT2D eigenvalue weighted by Crippen LogP contribution is -2.27. The van der Waals surface area contributed by atoms with Crippen molar-refractivity contribution in [2.45, 2.75) is 71.8 Å². The maximum Gasteiger partial charge on any atom is 0.00619 e. The second kappa shape index (κ2) is 6.52. The predicted molar refractivity (Wildman–Crippen MR) is 67.8 cm³/mol. The van der Waals surface area contributed by atoms with E-state index in [1.165, 1.54) is 44.9 Å². The monoisotopic (exact) mass is 211 g/mol. The largest absolute Gasteiger partial charge is 0.327 e. The van der Waals surface area contributed by atoms with E-state index in [1.807, 2.05) is 0 Å². The highest BCUT2D eigenvalue weighted by atomic mass is 14.6. The molecule has 0 amide bonds. The highest BCUT2D eigenvalue weighted by Gasteiger charge is 2.20. The van der Waals surface area contributed by atoms with Crippen LogP contribution in [0, 0.1) is 17.8 Å². The van der Waals surface area contributed by atoms with Crippen molar-refractivity contribution in [1.82, 2.24) is 0 Å². The number of hydrogen-bond acceptors (Lipinski definition) is 1. The van der Waals surface area contributed by atoms with Crippen molar-refractivity contribution in [2.24, 2.45) is 23.5 Å². The van der Waals surface area contributed by atoms with Crippen LogP contribution in [0.5, 0.6) is 0 Å². The van der Waals surface area contributed by atoms with Gasteiger partial charge in [0.1, 0.15) is 0 Å². The molecule has 1 atom stereocenters. The van der Waals surface area contributed by atoms with E-state index < -0.39 is 0 Å². The Balaban J connectivity index is 2.13. The SMILES string of the molecule is CCC1CCC(CCC(N)C(C)C)CC1. The molecule has 1 aliphatic rings. The molecule has 0 bridgehead atoms. The van der Waals surface area contributed by atoms with Gasteiger partial charge < -0.3 is 5.73 Å². The van der Waals surface area contributed by atoms with Gasteiger partial charge in [0.25, 0.3) is 0 Å². The molecule has 1 fully saturated rings. The number of hydrogen-bond donors (Lipinski definition) is 1. The van der Waals surface area contributed by atoms with Crippen molar-refractivity contribution >= 4 is 0 Å². The molecule has 0 heterocycles. The molecule has 0 aromatic rings. The molecule has 1 unspecified atom stereocenters. The Kier molecular flexibility index (Phi) is 5.66. The topological polar surface area (TPSA) is 26.0 Å². The van der Waals surface area contributed by atoms with Crippen LogP contribution in [0.1, 0.15) is 65.7 Å². The minimum Gasteiger partial charge on any atom is -0.327 e. The van der Waals surface area contributed by atoms with Crippen LogP contribution < -0.4 is 5.73 Å². The van der Waals surface area contributed by atoms with Crippen molar-refractivity contribution in [3.05, 3.63) is 0 Å². The lowest BCUT2D eigenvalue weighted by Gasteiger charge is -2.28. The van der Waals surface area contributed by atoms with E-state index in [2.05, 4.69) is 20.8 Å². The van der Waals surface area contributed by atoms with Gasteiger partial charge in [0.05, 0.1) is 0 Å². The van der Waals surface area contributed by atoms with Crippen molar-refractivity contribution in [2.75, 3.05) is 0 Å². The highest BCUT2D eigenvalue weighted by Crippen LogP contribution is 2.33. The fraction of sp³-hybridized carbons (Fsp3) is 1.00. The summed E-state index contributed by atoms with van der Waals surface area (Å²) in [7, 11) is 0. The van der Waals surface area contributed by atoms with Crippen LogP contribution in [0.25, 0.3) is 0 Å². The van der Waals surface area contributed by atoms with E-state index in [1.54, 1.807) is 0 Å². The van der Waals surface area contributed by atoms with Gasteiger partial charge in [0, 0.05) is 6.04 Å². The minimum absolute atomic E-state index is 0.425. The predicted octanol–water partition coefficient (Wildman–Crippen LogP) is 3.97. The van der Waals surface area contributed by atoms with Crippen molar-refractivity contribution in [1.29, 1.82) is 0 Å². The van der Waals surface area contributed by atoms with Gasteiger partial charge in [-0.15, -0.1) is 0 Å². The quantitative estimate of drug-likeness (QED) is 0.731. The van der Waals surface area contributed by atoms with Crippen LogP contribution in [-0.4, -0.2) is 6.04 Å². The summed E-state index contributed by atoms with van der Waals surface area (Å²) in [4.78, 5) is 0. The maximum atomic E-state index is 6.09. The average Bonchev–Trinajstić information content (AvgIpc) is 2.26. The Hall–Kier alpha value is -0.0400. The molecule has 0 saturated heterocycles. The van der Waals surface area contributed by atoms with E-state index >= 15 is 0 Å². The summed E-state index contributed by atoms with van der Waals surface area (Å²) in [6, 6.07) is 0.425. The third-order valence-corrected chi connectivity index (χ3v) is 4.31. The molecule has 0 radical (unpaired) electrons. The maximum absolute atomic E-state index is 6.09. The van der Waals surface area contributed by atoms with Crippen molar-refractivity contribution in [3.63, 3.8) is 0 Å². The molecule has 0 aliphatic heterocycles. The second-order valence-corrected chi connectivity index (χ2v) is 5.78. The molecule has 1 aliphatic carbocycles. The van der Waals surface area contributed by atoms with Gasteiger partial charge in [-0.25, -0.2) is 0 Å². The summed E-state index contributed by atoms with van der Waals surface area (Å²) in [6.45, 7) is 6.80. The van der Waals surface area contributed by atoms with E-state index in [0.717, 1.165) is 11.8 Å². The molecule has 1 rings (SSSR count). The molecule has 15 heavy (non-hydrogen) atoms. The summed E-state index contributed by atoms with van der Waals surface area (Å²) in [5, 5.41) is 0.